The van der Waals surface area contributed by atoms with Gasteiger partial charge in [-0.3, -0.25) is 0 Å². The number of hydrogen-bond acceptors (Lipinski definition) is 1. The van der Waals surface area contributed by atoms with E-state index < -0.39 is 0 Å². The van der Waals surface area contributed by atoms with E-state index in [1.807, 2.05) is 0 Å². The van der Waals surface area contributed by atoms with E-state index in [-0.39, 0.29) is 12.4 Å². The van der Waals surface area contributed by atoms with Crippen molar-refractivity contribution in [2.45, 2.75) is 13.3 Å². The lowest BCUT2D eigenvalue weighted by molar-refractivity contribution is 0.346. The van der Waals surface area contributed by atoms with E-state index in [1.165, 1.54) is 35.1 Å². The minimum absolute atomic E-state index is 0. The third-order valence-corrected chi connectivity index (χ3v) is 3.17. The van der Waals surface area contributed by atoms with Gasteiger partial charge in [0.1, 0.15) is 0 Å². The van der Waals surface area contributed by atoms with Gasteiger partial charge in [-0.2, -0.15) is 0 Å². The molecule has 0 bridgehead atoms. The summed E-state index contributed by atoms with van der Waals surface area (Å²) in [5.74, 6) is 0.861. The quantitative estimate of drug-likeness (QED) is 0.876. The Morgan fingerprint density at radius 2 is 2.14 bits per heavy atom. The van der Waals surface area contributed by atoms with E-state index in [1.54, 1.807) is 0 Å². The Kier molecular flexibility index (Phi) is 4.42. The summed E-state index contributed by atoms with van der Waals surface area (Å²) < 4.78 is 1.18. The molecule has 1 aliphatic heterocycles. The Hall–Kier alpha value is -0.0500. The topological polar surface area (TPSA) is 12.0 Å². The molecular formula is C11H15BrClN. The lowest BCUT2D eigenvalue weighted by atomic mass is 9.92. The monoisotopic (exact) mass is 275 g/mol. The van der Waals surface area contributed by atoms with E-state index in [0.717, 1.165) is 5.92 Å². The predicted octanol–water partition coefficient (Wildman–Crippen LogP) is 2.94. The van der Waals surface area contributed by atoms with E-state index in [9.17, 15) is 0 Å². The molecule has 1 nitrogen and oxygen atoms in total. The second-order valence-corrected chi connectivity index (χ2v) is 4.71. The molecule has 0 saturated carbocycles. The van der Waals surface area contributed by atoms with Crippen LogP contribution in [-0.4, -0.2) is 13.1 Å². The summed E-state index contributed by atoms with van der Waals surface area (Å²) in [5, 5.41) is 3.30. The minimum Gasteiger partial charge on any atom is -0.316 e. The molecule has 1 N–H and O–H groups in total. The first kappa shape index (κ1) is 12.0. The standard InChI is InChI=1S/C11H14BrN.ClH/c1-8-4-11(12)3-2-10(8)5-9-6-13-7-9;/h2-4,9,13H,5-7H2,1H3;1H. The predicted molar refractivity (Wildman–Crippen MR) is 66.2 cm³/mol. The van der Waals surface area contributed by atoms with Gasteiger partial charge in [0.15, 0.2) is 0 Å². The molecule has 14 heavy (non-hydrogen) atoms. The van der Waals surface area contributed by atoms with Gasteiger partial charge < -0.3 is 5.32 Å². The maximum absolute atomic E-state index is 3.48. The van der Waals surface area contributed by atoms with Crippen LogP contribution in [0.15, 0.2) is 22.7 Å². The van der Waals surface area contributed by atoms with Gasteiger partial charge in [0.2, 0.25) is 0 Å². The first-order valence-electron chi connectivity index (χ1n) is 4.71. The number of halogens is 2. The molecule has 0 atom stereocenters. The maximum Gasteiger partial charge on any atom is 0.0178 e. The molecule has 0 aliphatic carbocycles. The summed E-state index contributed by atoms with van der Waals surface area (Å²) >= 11 is 3.48. The molecule has 2 rings (SSSR count). The van der Waals surface area contributed by atoms with Crippen LogP contribution < -0.4 is 5.32 Å². The minimum atomic E-state index is 0. The van der Waals surface area contributed by atoms with Crippen molar-refractivity contribution in [1.29, 1.82) is 0 Å². The molecule has 3 heteroatoms. The van der Waals surface area contributed by atoms with Crippen molar-refractivity contribution in [1.82, 2.24) is 5.32 Å². The van der Waals surface area contributed by atoms with Crippen LogP contribution in [0.1, 0.15) is 11.1 Å². The zero-order valence-corrected chi connectivity index (χ0v) is 10.6. The van der Waals surface area contributed by atoms with Crippen molar-refractivity contribution < 1.29 is 0 Å². The maximum atomic E-state index is 3.48. The van der Waals surface area contributed by atoms with Crippen molar-refractivity contribution in [3.63, 3.8) is 0 Å². The molecule has 0 radical (unpaired) electrons. The summed E-state index contributed by atoms with van der Waals surface area (Å²) in [6.45, 7) is 4.57. The summed E-state index contributed by atoms with van der Waals surface area (Å²) in [5.41, 5.74) is 2.90. The third-order valence-electron chi connectivity index (χ3n) is 2.68. The summed E-state index contributed by atoms with van der Waals surface area (Å²) in [7, 11) is 0. The van der Waals surface area contributed by atoms with Crippen molar-refractivity contribution >= 4 is 28.3 Å². The zero-order chi connectivity index (χ0) is 9.26. The first-order chi connectivity index (χ1) is 6.25. The Morgan fingerprint density at radius 3 is 2.64 bits per heavy atom. The molecule has 0 unspecified atom stereocenters. The highest BCUT2D eigenvalue weighted by atomic mass is 79.9. The van der Waals surface area contributed by atoms with Gasteiger partial charge in [0, 0.05) is 4.47 Å². The zero-order valence-electron chi connectivity index (χ0n) is 8.22. The van der Waals surface area contributed by atoms with E-state index >= 15 is 0 Å². The lowest BCUT2D eigenvalue weighted by Gasteiger charge is -2.27. The summed E-state index contributed by atoms with van der Waals surface area (Å²) in [6.07, 6.45) is 1.23. The molecule has 1 heterocycles. The molecule has 78 valence electrons. The van der Waals surface area contributed by atoms with Crippen LogP contribution in [0.3, 0.4) is 0 Å². The van der Waals surface area contributed by atoms with Crippen LogP contribution in [0.25, 0.3) is 0 Å². The molecule has 0 amide bonds. The molecule has 1 aromatic rings. The molecular weight excluding hydrogens is 261 g/mol. The fourth-order valence-electron chi connectivity index (χ4n) is 1.69. The van der Waals surface area contributed by atoms with Crippen LogP contribution in [0.5, 0.6) is 0 Å². The fourth-order valence-corrected chi connectivity index (χ4v) is 2.17. The van der Waals surface area contributed by atoms with E-state index in [4.69, 9.17) is 0 Å². The average molecular weight is 277 g/mol. The van der Waals surface area contributed by atoms with Gasteiger partial charge in [0.25, 0.3) is 0 Å². The normalized spacial score (nSPS) is 15.9. The van der Waals surface area contributed by atoms with Gasteiger partial charge >= 0.3 is 0 Å². The number of rotatable bonds is 2. The van der Waals surface area contributed by atoms with Crippen LogP contribution >= 0.6 is 28.3 Å². The van der Waals surface area contributed by atoms with E-state index in [2.05, 4.69) is 46.4 Å². The Morgan fingerprint density at radius 1 is 1.43 bits per heavy atom. The Labute approximate surface area is 99.8 Å². The first-order valence-corrected chi connectivity index (χ1v) is 5.51. The molecule has 1 aromatic carbocycles. The van der Waals surface area contributed by atoms with Gasteiger partial charge in [-0.1, -0.05) is 22.0 Å². The number of benzene rings is 1. The molecule has 0 spiro atoms. The van der Waals surface area contributed by atoms with Crippen LogP contribution in [0, 0.1) is 12.8 Å². The van der Waals surface area contributed by atoms with Crippen LogP contribution in [0.2, 0.25) is 0 Å². The Balaban J connectivity index is 0.000000980. The van der Waals surface area contributed by atoms with Crippen LogP contribution in [0.4, 0.5) is 0 Å². The second kappa shape index (κ2) is 5.15. The highest BCUT2D eigenvalue weighted by molar-refractivity contribution is 9.10. The summed E-state index contributed by atoms with van der Waals surface area (Å²) in [6, 6.07) is 6.56. The molecule has 1 fully saturated rings. The number of hydrogen-bond donors (Lipinski definition) is 1. The molecule has 1 aliphatic rings. The van der Waals surface area contributed by atoms with E-state index in [0.29, 0.717) is 0 Å². The lowest BCUT2D eigenvalue weighted by Crippen LogP contribution is -2.43. The van der Waals surface area contributed by atoms with Gasteiger partial charge in [-0.05, 0) is 55.6 Å². The van der Waals surface area contributed by atoms with Crippen LogP contribution in [-0.2, 0) is 6.42 Å². The highest BCUT2D eigenvalue weighted by Gasteiger charge is 2.17. The average Bonchev–Trinajstić information content (AvgIpc) is 1.99. The van der Waals surface area contributed by atoms with Crippen molar-refractivity contribution in [2.75, 3.05) is 13.1 Å². The number of nitrogens with one attached hydrogen (secondary N) is 1. The fraction of sp³-hybridized carbons (Fsp3) is 0.455. The Bertz CT molecular complexity index is 310. The van der Waals surface area contributed by atoms with Crippen molar-refractivity contribution in [3.05, 3.63) is 33.8 Å². The number of aryl methyl sites for hydroxylation is 1. The van der Waals surface area contributed by atoms with Gasteiger partial charge in [0.05, 0.1) is 0 Å². The smallest absolute Gasteiger partial charge is 0.0178 e. The van der Waals surface area contributed by atoms with Crippen molar-refractivity contribution in [3.8, 4) is 0 Å². The second-order valence-electron chi connectivity index (χ2n) is 3.80. The SMILES string of the molecule is Cc1cc(Br)ccc1CC1CNC1.Cl. The van der Waals surface area contributed by atoms with Gasteiger partial charge in [-0.25, -0.2) is 0 Å². The largest absolute Gasteiger partial charge is 0.316 e. The van der Waals surface area contributed by atoms with Gasteiger partial charge in [-0.15, -0.1) is 12.4 Å². The third kappa shape index (κ3) is 2.72. The molecule has 0 aromatic heterocycles. The highest BCUT2D eigenvalue weighted by Crippen LogP contribution is 2.19. The summed E-state index contributed by atoms with van der Waals surface area (Å²) in [4.78, 5) is 0. The van der Waals surface area contributed by atoms with Crippen molar-refractivity contribution in [2.24, 2.45) is 5.92 Å². The molecule has 1 saturated heterocycles.